The van der Waals surface area contributed by atoms with Gasteiger partial charge in [-0.3, -0.25) is 0 Å². The monoisotopic (exact) mass is 313 g/mol. The Balaban J connectivity index is 1.74. The van der Waals surface area contributed by atoms with Crippen molar-refractivity contribution in [2.24, 2.45) is 0 Å². The van der Waals surface area contributed by atoms with Gasteiger partial charge in [-0.2, -0.15) is 0 Å². The molecule has 1 heterocycles. The number of nitrogens with one attached hydrogen (secondary N) is 1. The van der Waals surface area contributed by atoms with E-state index in [1.54, 1.807) is 18.9 Å². The molecule has 0 bridgehead atoms. The van der Waals surface area contributed by atoms with Crippen LogP contribution in [-0.2, 0) is 0 Å². The highest BCUT2D eigenvalue weighted by Gasteiger charge is 2.08. The van der Waals surface area contributed by atoms with Crippen molar-refractivity contribution in [1.29, 1.82) is 0 Å². The molecular weight excluding hydrogens is 298 g/mol. The minimum atomic E-state index is 0.356. The van der Waals surface area contributed by atoms with Gasteiger partial charge in [0.2, 0.25) is 5.89 Å². The van der Waals surface area contributed by atoms with E-state index < -0.39 is 0 Å². The van der Waals surface area contributed by atoms with Crippen molar-refractivity contribution in [2.45, 2.75) is 4.90 Å². The molecule has 2 aromatic carbocycles. The summed E-state index contributed by atoms with van der Waals surface area (Å²) >= 11 is 1.69. The van der Waals surface area contributed by atoms with Crippen molar-refractivity contribution in [2.75, 3.05) is 18.7 Å². The standard InChI is InChI=1S/C16H15N3O2S/c1-20-13-7-5-12(6-8-13)17-16-19-18-15(21-16)11-3-9-14(22-2)10-4-11/h3-10H,1-2H3,(H,17,19). The molecule has 0 atom stereocenters. The van der Waals surface area contributed by atoms with Crippen LogP contribution in [0, 0.1) is 0 Å². The Hall–Kier alpha value is -2.47. The molecule has 0 fully saturated rings. The van der Waals surface area contributed by atoms with Gasteiger partial charge >= 0.3 is 6.01 Å². The van der Waals surface area contributed by atoms with Crippen LogP contribution in [0.4, 0.5) is 11.7 Å². The zero-order valence-electron chi connectivity index (χ0n) is 12.2. The molecule has 3 rings (SSSR count). The highest BCUT2D eigenvalue weighted by molar-refractivity contribution is 7.98. The Bertz CT molecular complexity index is 739. The minimum absolute atomic E-state index is 0.356. The maximum absolute atomic E-state index is 5.63. The summed E-state index contributed by atoms with van der Waals surface area (Å²) < 4.78 is 10.8. The molecule has 112 valence electrons. The van der Waals surface area contributed by atoms with Gasteiger partial charge in [0.25, 0.3) is 0 Å². The van der Waals surface area contributed by atoms with E-state index in [1.165, 1.54) is 4.90 Å². The molecular formula is C16H15N3O2S. The predicted molar refractivity (Wildman–Crippen MR) is 87.8 cm³/mol. The molecule has 1 aromatic heterocycles. The van der Waals surface area contributed by atoms with E-state index in [9.17, 15) is 0 Å². The van der Waals surface area contributed by atoms with E-state index in [4.69, 9.17) is 9.15 Å². The maximum Gasteiger partial charge on any atom is 0.320 e. The third-order valence-corrected chi connectivity index (χ3v) is 3.85. The fourth-order valence-electron chi connectivity index (χ4n) is 1.92. The lowest BCUT2D eigenvalue weighted by atomic mass is 10.2. The number of anilines is 2. The lowest BCUT2D eigenvalue weighted by Gasteiger charge is -2.02. The Morgan fingerprint density at radius 2 is 1.73 bits per heavy atom. The van der Waals surface area contributed by atoms with Crippen molar-refractivity contribution in [3.63, 3.8) is 0 Å². The van der Waals surface area contributed by atoms with Gasteiger partial charge in [-0.25, -0.2) is 0 Å². The molecule has 1 N–H and O–H groups in total. The molecule has 0 unspecified atom stereocenters. The first-order chi connectivity index (χ1) is 10.8. The van der Waals surface area contributed by atoms with Crippen LogP contribution in [0.1, 0.15) is 0 Å². The molecule has 0 aliphatic carbocycles. The summed E-state index contributed by atoms with van der Waals surface area (Å²) in [5.41, 5.74) is 1.75. The number of aromatic nitrogens is 2. The normalized spacial score (nSPS) is 10.5. The molecule has 5 nitrogen and oxygen atoms in total. The van der Waals surface area contributed by atoms with Crippen LogP contribution in [-0.4, -0.2) is 23.6 Å². The number of nitrogens with zero attached hydrogens (tertiary/aromatic N) is 2. The van der Waals surface area contributed by atoms with Gasteiger partial charge in [-0.05, 0) is 54.8 Å². The molecule has 0 saturated carbocycles. The molecule has 0 aliphatic rings. The molecule has 0 spiro atoms. The summed E-state index contributed by atoms with van der Waals surface area (Å²) in [5.74, 6) is 1.29. The smallest absolute Gasteiger partial charge is 0.320 e. The van der Waals surface area contributed by atoms with E-state index in [2.05, 4.69) is 15.5 Å². The van der Waals surface area contributed by atoms with Crippen molar-refractivity contribution in [1.82, 2.24) is 10.2 Å². The first-order valence-corrected chi connectivity index (χ1v) is 7.90. The topological polar surface area (TPSA) is 60.2 Å². The lowest BCUT2D eigenvalue weighted by Crippen LogP contribution is -1.90. The second kappa shape index (κ2) is 6.53. The molecule has 3 aromatic rings. The summed E-state index contributed by atoms with van der Waals surface area (Å²) in [7, 11) is 1.63. The first-order valence-electron chi connectivity index (χ1n) is 6.67. The summed E-state index contributed by atoms with van der Waals surface area (Å²) in [5, 5.41) is 11.1. The van der Waals surface area contributed by atoms with Crippen LogP contribution >= 0.6 is 11.8 Å². The predicted octanol–water partition coefficient (Wildman–Crippen LogP) is 4.21. The second-order valence-corrected chi connectivity index (χ2v) is 5.37. The Morgan fingerprint density at radius 3 is 2.36 bits per heavy atom. The van der Waals surface area contributed by atoms with Gasteiger partial charge in [0.05, 0.1) is 7.11 Å². The lowest BCUT2D eigenvalue weighted by molar-refractivity contribution is 0.415. The Morgan fingerprint density at radius 1 is 1.00 bits per heavy atom. The third-order valence-electron chi connectivity index (χ3n) is 3.10. The van der Waals surface area contributed by atoms with Crippen molar-refractivity contribution < 1.29 is 9.15 Å². The maximum atomic E-state index is 5.63. The first kappa shape index (κ1) is 14.5. The summed E-state index contributed by atoms with van der Waals surface area (Å²) in [6.45, 7) is 0. The van der Waals surface area contributed by atoms with Crippen LogP contribution in [0.15, 0.2) is 57.8 Å². The number of hydrogen-bond donors (Lipinski definition) is 1. The highest BCUT2D eigenvalue weighted by atomic mass is 32.2. The number of methoxy groups -OCH3 is 1. The van der Waals surface area contributed by atoms with Gasteiger partial charge in [-0.15, -0.1) is 16.9 Å². The second-order valence-electron chi connectivity index (χ2n) is 4.49. The number of thioether (sulfide) groups is 1. The van der Waals surface area contributed by atoms with E-state index in [0.29, 0.717) is 11.9 Å². The van der Waals surface area contributed by atoms with E-state index in [-0.39, 0.29) is 0 Å². The zero-order chi connectivity index (χ0) is 15.4. The largest absolute Gasteiger partial charge is 0.497 e. The van der Waals surface area contributed by atoms with Gasteiger partial charge in [0, 0.05) is 16.1 Å². The molecule has 0 amide bonds. The summed E-state index contributed by atoms with van der Waals surface area (Å²) in [6.07, 6.45) is 2.04. The Labute approximate surface area is 132 Å². The van der Waals surface area contributed by atoms with E-state index in [1.807, 2.05) is 54.8 Å². The van der Waals surface area contributed by atoms with Crippen molar-refractivity contribution in [3.05, 3.63) is 48.5 Å². The summed E-state index contributed by atoms with van der Waals surface area (Å²) in [4.78, 5) is 1.19. The molecule has 0 radical (unpaired) electrons. The van der Waals surface area contributed by atoms with Crippen molar-refractivity contribution >= 4 is 23.5 Å². The Kier molecular flexibility index (Phi) is 4.29. The average Bonchev–Trinajstić information content (AvgIpc) is 3.04. The molecule has 0 aliphatic heterocycles. The summed E-state index contributed by atoms with van der Waals surface area (Å²) in [6, 6.07) is 15.8. The zero-order valence-corrected chi connectivity index (χ0v) is 13.1. The van der Waals surface area contributed by atoms with Crippen LogP contribution < -0.4 is 10.1 Å². The molecule has 0 saturated heterocycles. The van der Waals surface area contributed by atoms with Gasteiger partial charge in [0.1, 0.15) is 5.75 Å². The molecule has 22 heavy (non-hydrogen) atoms. The number of benzene rings is 2. The third kappa shape index (κ3) is 3.23. The quantitative estimate of drug-likeness (QED) is 0.712. The highest BCUT2D eigenvalue weighted by Crippen LogP contribution is 2.25. The van der Waals surface area contributed by atoms with Crippen LogP contribution in [0.3, 0.4) is 0 Å². The average molecular weight is 313 g/mol. The SMILES string of the molecule is COc1ccc(Nc2nnc(-c3ccc(SC)cc3)o2)cc1. The van der Waals surface area contributed by atoms with Gasteiger partial charge in [0.15, 0.2) is 0 Å². The van der Waals surface area contributed by atoms with E-state index >= 15 is 0 Å². The number of rotatable bonds is 5. The number of hydrogen-bond acceptors (Lipinski definition) is 6. The van der Waals surface area contributed by atoms with Crippen LogP contribution in [0.5, 0.6) is 5.75 Å². The van der Waals surface area contributed by atoms with Crippen LogP contribution in [0.2, 0.25) is 0 Å². The van der Waals surface area contributed by atoms with E-state index in [0.717, 1.165) is 17.0 Å². The fraction of sp³-hybridized carbons (Fsp3) is 0.125. The van der Waals surface area contributed by atoms with Crippen molar-refractivity contribution in [3.8, 4) is 17.2 Å². The van der Waals surface area contributed by atoms with Gasteiger partial charge in [-0.1, -0.05) is 5.10 Å². The van der Waals surface area contributed by atoms with Crippen LogP contribution in [0.25, 0.3) is 11.5 Å². The minimum Gasteiger partial charge on any atom is -0.497 e. The van der Waals surface area contributed by atoms with Gasteiger partial charge < -0.3 is 14.5 Å². The fourth-order valence-corrected chi connectivity index (χ4v) is 2.33. The number of ether oxygens (including phenoxy) is 1. The molecule has 6 heteroatoms.